The van der Waals surface area contributed by atoms with Crippen LogP contribution in [0.5, 0.6) is 0 Å². The van der Waals surface area contributed by atoms with E-state index in [9.17, 15) is 9.90 Å². The van der Waals surface area contributed by atoms with Gasteiger partial charge in [0.15, 0.2) is 0 Å². The van der Waals surface area contributed by atoms with Crippen LogP contribution in [0.15, 0.2) is 36.4 Å². The SMILES string of the molecule is O=C(O)c1ccc2c(c1)[C@@H]1CCCC[C@@H]1[C@@H](c1ccc(Cl)cc1Cl)N2. The van der Waals surface area contributed by atoms with Crippen LogP contribution in [0, 0.1) is 5.92 Å². The van der Waals surface area contributed by atoms with E-state index in [0.29, 0.717) is 27.4 Å². The van der Waals surface area contributed by atoms with Crippen LogP contribution < -0.4 is 5.32 Å². The molecule has 25 heavy (non-hydrogen) atoms. The van der Waals surface area contributed by atoms with E-state index in [-0.39, 0.29) is 6.04 Å². The minimum absolute atomic E-state index is 0.123. The maximum Gasteiger partial charge on any atom is 0.335 e. The molecule has 1 heterocycles. The highest BCUT2D eigenvalue weighted by Gasteiger charge is 2.39. The average Bonchev–Trinajstić information content (AvgIpc) is 2.61. The Balaban J connectivity index is 1.79. The third-order valence-electron chi connectivity index (χ3n) is 5.55. The van der Waals surface area contributed by atoms with Gasteiger partial charge in [-0.05, 0) is 66.1 Å². The van der Waals surface area contributed by atoms with Crippen molar-refractivity contribution in [1.29, 1.82) is 0 Å². The fourth-order valence-electron chi connectivity index (χ4n) is 4.42. The maximum atomic E-state index is 11.4. The van der Waals surface area contributed by atoms with Gasteiger partial charge in [-0.15, -0.1) is 0 Å². The van der Waals surface area contributed by atoms with Crippen LogP contribution in [0.25, 0.3) is 0 Å². The lowest BCUT2D eigenvalue weighted by Gasteiger charge is -2.44. The van der Waals surface area contributed by atoms with Crippen LogP contribution in [0.2, 0.25) is 10.0 Å². The molecule has 1 fully saturated rings. The second-order valence-electron chi connectivity index (χ2n) is 6.95. The minimum atomic E-state index is -0.877. The number of anilines is 1. The summed E-state index contributed by atoms with van der Waals surface area (Å²) in [6, 6.07) is 11.2. The molecule has 0 bridgehead atoms. The molecule has 1 saturated carbocycles. The first-order chi connectivity index (χ1) is 12.0. The molecule has 2 N–H and O–H groups in total. The van der Waals surface area contributed by atoms with Crippen LogP contribution in [-0.2, 0) is 0 Å². The van der Waals surface area contributed by atoms with Gasteiger partial charge in [0.2, 0.25) is 0 Å². The molecular formula is C20H19Cl2NO2. The van der Waals surface area contributed by atoms with Crippen molar-refractivity contribution in [1.82, 2.24) is 0 Å². The summed E-state index contributed by atoms with van der Waals surface area (Å²) in [7, 11) is 0. The maximum absolute atomic E-state index is 11.4. The molecule has 5 heteroatoms. The molecule has 0 saturated heterocycles. The number of aromatic carboxylic acids is 1. The molecule has 0 spiro atoms. The number of carboxylic acid groups (broad SMARTS) is 1. The summed E-state index contributed by atoms with van der Waals surface area (Å²) in [6.07, 6.45) is 4.57. The molecule has 0 radical (unpaired) electrons. The number of halogens is 2. The molecule has 0 unspecified atom stereocenters. The normalized spacial score (nSPS) is 24.8. The van der Waals surface area contributed by atoms with Gasteiger partial charge in [0.1, 0.15) is 0 Å². The summed E-state index contributed by atoms with van der Waals surface area (Å²) in [5.74, 6) is -0.108. The number of carboxylic acids is 1. The minimum Gasteiger partial charge on any atom is -0.478 e. The number of hydrogen-bond acceptors (Lipinski definition) is 2. The second-order valence-corrected chi connectivity index (χ2v) is 7.79. The summed E-state index contributed by atoms with van der Waals surface area (Å²) >= 11 is 12.5. The molecular weight excluding hydrogens is 357 g/mol. The second kappa shape index (κ2) is 6.54. The Hall–Kier alpha value is -1.71. The van der Waals surface area contributed by atoms with Gasteiger partial charge in [-0.25, -0.2) is 4.79 Å². The number of nitrogens with one attached hydrogen (secondary N) is 1. The summed E-state index contributed by atoms with van der Waals surface area (Å²) in [5.41, 5.74) is 3.57. The van der Waals surface area contributed by atoms with Crippen molar-refractivity contribution in [3.63, 3.8) is 0 Å². The van der Waals surface area contributed by atoms with Crippen molar-refractivity contribution in [2.45, 2.75) is 37.6 Å². The monoisotopic (exact) mass is 375 g/mol. The molecule has 0 amide bonds. The van der Waals surface area contributed by atoms with Gasteiger partial charge in [-0.2, -0.15) is 0 Å². The predicted molar refractivity (Wildman–Crippen MR) is 101 cm³/mol. The lowest BCUT2D eigenvalue weighted by molar-refractivity contribution is 0.0696. The van der Waals surface area contributed by atoms with E-state index < -0.39 is 5.97 Å². The van der Waals surface area contributed by atoms with Crippen LogP contribution in [-0.4, -0.2) is 11.1 Å². The number of benzene rings is 2. The number of carbonyl (C=O) groups is 1. The molecule has 130 valence electrons. The van der Waals surface area contributed by atoms with Gasteiger partial charge in [-0.3, -0.25) is 0 Å². The van der Waals surface area contributed by atoms with Crippen molar-refractivity contribution in [3.8, 4) is 0 Å². The Labute approximate surface area is 157 Å². The van der Waals surface area contributed by atoms with E-state index in [1.165, 1.54) is 12.8 Å². The Morgan fingerprint density at radius 3 is 2.60 bits per heavy atom. The third kappa shape index (κ3) is 3.00. The van der Waals surface area contributed by atoms with Crippen molar-refractivity contribution < 1.29 is 9.90 Å². The molecule has 4 rings (SSSR count). The Morgan fingerprint density at radius 2 is 1.84 bits per heavy atom. The van der Waals surface area contributed by atoms with Crippen molar-refractivity contribution in [3.05, 3.63) is 63.1 Å². The quantitative estimate of drug-likeness (QED) is 0.663. The van der Waals surface area contributed by atoms with Crippen LogP contribution in [0.3, 0.4) is 0 Å². The first-order valence-electron chi connectivity index (χ1n) is 8.63. The summed E-state index contributed by atoms with van der Waals surface area (Å²) in [6.45, 7) is 0. The van der Waals surface area contributed by atoms with E-state index in [0.717, 1.165) is 29.7 Å². The molecule has 2 aliphatic rings. The Bertz CT molecular complexity index is 836. The molecule has 0 aromatic heterocycles. The Morgan fingerprint density at radius 1 is 1.04 bits per heavy atom. The zero-order chi connectivity index (χ0) is 17.6. The number of hydrogen-bond donors (Lipinski definition) is 2. The van der Waals surface area contributed by atoms with Gasteiger partial charge in [0.05, 0.1) is 11.6 Å². The molecule has 2 aromatic carbocycles. The highest BCUT2D eigenvalue weighted by molar-refractivity contribution is 6.35. The largest absolute Gasteiger partial charge is 0.478 e. The lowest BCUT2D eigenvalue weighted by atomic mass is 9.68. The standard InChI is InChI=1S/C20H19Cl2NO2/c21-12-6-7-15(17(22)10-12)19-14-4-2-1-3-13(14)16-9-11(20(24)25)5-8-18(16)23-19/h5-10,13-14,19,23H,1-4H2,(H,24,25)/t13-,14+,19+/m1/s1. The lowest BCUT2D eigenvalue weighted by Crippen LogP contribution is -2.34. The summed E-state index contributed by atoms with van der Waals surface area (Å²) in [4.78, 5) is 11.4. The zero-order valence-electron chi connectivity index (χ0n) is 13.6. The van der Waals surface area contributed by atoms with Crippen molar-refractivity contribution in [2.75, 3.05) is 5.32 Å². The highest BCUT2D eigenvalue weighted by Crippen LogP contribution is 2.52. The van der Waals surface area contributed by atoms with Gasteiger partial charge < -0.3 is 10.4 Å². The van der Waals surface area contributed by atoms with Crippen molar-refractivity contribution in [2.24, 2.45) is 5.92 Å². The third-order valence-corrected chi connectivity index (χ3v) is 6.12. The molecule has 1 aliphatic carbocycles. The van der Waals surface area contributed by atoms with Gasteiger partial charge in [-0.1, -0.05) is 42.1 Å². The molecule has 3 atom stereocenters. The molecule has 2 aromatic rings. The van der Waals surface area contributed by atoms with E-state index in [2.05, 4.69) is 5.32 Å². The highest BCUT2D eigenvalue weighted by atomic mass is 35.5. The summed E-state index contributed by atoms with van der Waals surface area (Å²) < 4.78 is 0. The predicted octanol–water partition coefficient (Wildman–Crippen LogP) is 6.13. The molecule has 1 aliphatic heterocycles. The fraction of sp³-hybridized carbons (Fsp3) is 0.350. The van der Waals surface area contributed by atoms with Crippen molar-refractivity contribution >= 4 is 34.9 Å². The van der Waals surface area contributed by atoms with Crippen LogP contribution in [0.1, 0.15) is 59.1 Å². The smallest absolute Gasteiger partial charge is 0.335 e. The zero-order valence-corrected chi connectivity index (χ0v) is 15.1. The number of rotatable bonds is 2. The van der Waals surface area contributed by atoms with E-state index in [4.69, 9.17) is 23.2 Å². The fourth-order valence-corrected chi connectivity index (χ4v) is 4.94. The first-order valence-corrected chi connectivity index (χ1v) is 9.39. The van der Waals surface area contributed by atoms with Gasteiger partial charge in [0.25, 0.3) is 0 Å². The van der Waals surface area contributed by atoms with Crippen LogP contribution >= 0.6 is 23.2 Å². The summed E-state index contributed by atoms with van der Waals surface area (Å²) in [5, 5.41) is 14.3. The van der Waals surface area contributed by atoms with Crippen LogP contribution in [0.4, 0.5) is 5.69 Å². The average molecular weight is 376 g/mol. The topological polar surface area (TPSA) is 49.3 Å². The van der Waals surface area contributed by atoms with E-state index in [1.54, 1.807) is 12.1 Å². The Kier molecular flexibility index (Phi) is 4.38. The van der Waals surface area contributed by atoms with Gasteiger partial charge >= 0.3 is 5.97 Å². The van der Waals surface area contributed by atoms with Gasteiger partial charge in [0, 0.05) is 15.7 Å². The van der Waals surface area contributed by atoms with E-state index in [1.807, 2.05) is 24.3 Å². The first kappa shape index (κ1) is 16.7. The number of fused-ring (bicyclic) bond motifs is 3. The molecule has 3 nitrogen and oxygen atoms in total. The van der Waals surface area contributed by atoms with E-state index >= 15 is 0 Å².